The van der Waals surface area contributed by atoms with Crippen LogP contribution in [0.2, 0.25) is 10.0 Å². The Hall–Kier alpha value is -1.18. The largest absolute Gasteiger partial charge is 0.382 e. The molecule has 5 N–H and O–H groups in total. The Morgan fingerprint density at radius 1 is 1.24 bits per heavy atom. The maximum atomic E-state index is 12.4. The number of hydrogen-bond donors (Lipinski definition) is 3. The van der Waals surface area contributed by atoms with Gasteiger partial charge in [0, 0.05) is 6.04 Å². The molecule has 6 nitrogen and oxygen atoms in total. The maximum Gasteiger partial charge on any atom is 0.276 e. The Morgan fingerprint density at radius 2 is 1.88 bits per heavy atom. The van der Waals surface area contributed by atoms with Gasteiger partial charge in [0.05, 0.1) is 15.6 Å². The van der Waals surface area contributed by atoms with Crippen LogP contribution < -0.4 is 11.6 Å². The zero-order chi connectivity index (χ0) is 18.6. The second-order valence-corrected chi connectivity index (χ2v) is 7.25. The van der Waals surface area contributed by atoms with Crippen LogP contribution in [0.25, 0.3) is 0 Å². The van der Waals surface area contributed by atoms with Crippen LogP contribution in [0.5, 0.6) is 0 Å². The third kappa shape index (κ3) is 4.92. The van der Waals surface area contributed by atoms with Crippen LogP contribution in [0.1, 0.15) is 48.9 Å². The van der Waals surface area contributed by atoms with Crippen molar-refractivity contribution in [3.63, 3.8) is 0 Å². The van der Waals surface area contributed by atoms with E-state index in [1.54, 1.807) is 0 Å². The van der Waals surface area contributed by atoms with Gasteiger partial charge in [-0.3, -0.25) is 9.59 Å². The summed E-state index contributed by atoms with van der Waals surface area (Å²) in [5, 5.41) is 10.7. The molecule has 25 heavy (non-hydrogen) atoms. The Balaban J connectivity index is 2.02. The second kappa shape index (κ2) is 8.96. The Bertz CT molecular complexity index is 636. The number of hydrogen-bond acceptors (Lipinski definition) is 5. The van der Waals surface area contributed by atoms with Crippen LogP contribution in [0, 0.1) is 5.92 Å². The van der Waals surface area contributed by atoms with Crippen LogP contribution >= 0.6 is 23.2 Å². The van der Waals surface area contributed by atoms with E-state index in [1.165, 1.54) is 24.6 Å². The molecule has 0 aliphatic heterocycles. The molecule has 8 heteroatoms. The SMILES string of the molecule is N[C@H](CC1CCCCC1)C(O)C(=O)N(N)C(=O)c1cccc(Cl)c1Cl. The van der Waals surface area contributed by atoms with Crippen LogP contribution in [0.4, 0.5) is 0 Å². The number of rotatable bonds is 5. The predicted molar refractivity (Wildman–Crippen MR) is 97.0 cm³/mol. The van der Waals surface area contributed by atoms with Crippen LogP contribution in [0.15, 0.2) is 18.2 Å². The highest BCUT2D eigenvalue weighted by Crippen LogP contribution is 2.28. The molecule has 0 spiro atoms. The van der Waals surface area contributed by atoms with E-state index in [9.17, 15) is 14.7 Å². The molecular formula is C17H23Cl2N3O3. The first-order valence-electron chi connectivity index (χ1n) is 8.33. The monoisotopic (exact) mass is 387 g/mol. The number of nitrogens with zero attached hydrogens (tertiary/aromatic N) is 1. The Kier molecular flexibility index (Phi) is 7.22. The van der Waals surface area contributed by atoms with Crippen molar-refractivity contribution < 1.29 is 14.7 Å². The lowest BCUT2D eigenvalue weighted by molar-refractivity contribution is -0.138. The second-order valence-electron chi connectivity index (χ2n) is 6.46. The predicted octanol–water partition coefficient (Wildman–Crippen LogP) is 2.49. The molecule has 1 unspecified atom stereocenters. The van der Waals surface area contributed by atoms with Gasteiger partial charge in [0.1, 0.15) is 6.10 Å². The number of benzene rings is 1. The molecule has 2 rings (SSSR count). The molecule has 1 aliphatic rings. The van der Waals surface area contributed by atoms with Crippen molar-refractivity contribution >= 4 is 35.0 Å². The fourth-order valence-corrected chi connectivity index (χ4v) is 3.54. The van der Waals surface area contributed by atoms with E-state index in [0.29, 0.717) is 17.3 Å². The Morgan fingerprint density at radius 3 is 2.52 bits per heavy atom. The van der Waals surface area contributed by atoms with E-state index in [1.807, 2.05) is 0 Å². The smallest absolute Gasteiger partial charge is 0.276 e. The topological polar surface area (TPSA) is 110 Å². The van der Waals surface area contributed by atoms with Gasteiger partial charge in [-0.2, -0.15) is 0 Å². The van der Waals surface area contributed by atoms with E-state index in [2.05, 4.69) is 0 Å². The summed E-state index contributed by atoms with van der Waals surface area (Å²) in [5.41, 5.74) is 5.95. The number of carbonyl (C=O) groups is 2. The highest BCUT2D eigenvalue weighted by Gasteiger charge is 2.32. The summed E-state index contributed by atoms with van der Waals surface area (Å²) in [6.07, 6.45) is 4.53. The first-order chi connectivity index (χ1) is 11.8. The number of halogens is 2. The van der Waals surface area contributed by atoms with E-state index in [4.69, 9.17) is 34.8 Å². The molecule has 0 heterocycles. The molecule has 0 saturated heterocycles. The normalized spacial score (nSPS) is 17.8. The zero-order valence-corrected chi connectivity index (χ0v) is 15.3. The first kappa shape index (κ1) is 20.1. The van der Waals surface area contributed by atoms with Gasteiger partial charge >= 0.3 is 0 Å². The van der Waals surface area contributed by atoms with Crippen molar-refractivity contribution in [3.05, 3.63) is 33.8 Å². The molecule has 0 bridgehead atoms. The van der Waals surface area contributed by atoms with E-state index in [-0.39, 0.29) is 15.6 Å². The van der Waals surface area contributed by atoms with Crippen molar-refractivity contribution in [3.8, 4) is 0 Å². The summed E-state index contributed by atoms with van der Waals surface area (Å²) < 4.78 is 0. The molecule has 1 saturated carbocycles. The minimum atomic E-state index is -1.55. The summed E-state index contributed by atoms with van der Waals surface area (Å²) in [6.45, 7) is 0. The van der Waals surface area contributed by atoms with Gasteiger partial charge in [0.25, 0.3) is 11.8 Å². The third-order valence-corrected chi connectivity index (χ3v) is 5.45. The molecule has 1 aromatic carbocycles. The average molecular weight is 388 g/mol. The molecule has 0 radical (unpaired) electrons. The van der Waals surface area contributed by atoms with Crippen molar-refractivity contribution in [2.75, 3.05) is 0 Å². The van der Waals surface area contributed by atoms with Gasteiger partial charge in [-0.15, -0.1) is 0 Å². The molecule has 1 aliphatic carbocycles. The van der Waals surface area contributed by atoms with Crippen LogP contribution in [-0.4, -0.2) is 34.1 Å². The van der Waals surface area contributed by atoms with Gasteiger partial charge in [0.15, 0.2) is 0 Å². The van der Waals surface area contributed by atoms with Crippen LogP contribution in [0.3, 0.4) is 0 Å². The van der Waals surface area contributed by atoms with Gasteiger partial charge < -0.3 is 10.8 Å². The minimum absolute atomic E-state index is 0.00147. The van der Waals surface area contributed by atoms with E-state index >= 15 is 0 Å². The quantitative estimate of drug-likeness (QED) is 0.408. The van der Waals surface area contributed by atoms with Gasteiger partial charge in [0.2, 0.25) is 0 Å². The number of imide groups is 1. The number of hydrazine groups is 1. The van der Waals surface area contributed by atoms with Crippen LogP contribution in [-0.2, 0) is 4.79 Å². The summed E-state index contributed by atoms with van der Waals surface area (Å²) in [6, 6.07) is 3.66. The lowest BCUT2D eigenvalue weighted by Gasteiger charge is -2.28. The zero-order valence-electron chi connectivity index (χ0n) is 13.8. The summed E-state index contributed by atoms with van der Waals surface area (Å²) in [4.78, 5) is 24.7. The lowest BCUT2D eigenvalue weighted by atomic mass is 9.84. The number of aliphatic hydroxyl groups is 1. The molecule has 1 aromatic rings. The van der Waals surface area contributed by atoms with E-state index in [0.717, 1.165) is 25.7 Å². The standard InChI is InChI=1S/C17H23Cl2N3O3/c18-12-8-4-7-11(14(12)19)16(24)22(21)17(25)15(23)13(20)9-10-5-2-1-3-6-10/h4,7-8,10,13,15,23H,1-3,5-6,9,20-21H2/t13-,15?/m1/s1. The highest BCUT2D eigenvalue weighted by atomic mass is 35.5. The number of nitrogens with two attached hydrogens (primary N) is 2. The van der Waals surface area contributed by atoms with Gasteiger partial charge in [-0.1, -0.05) is 61.4 Å². The summed E-state index contributed by atoms with van der Waals surface area (Å²) in [5.74, 6) is 4.19. The minimum Gasteiger partial charge on any atom is -0.382 e. The maximum absolute atomic E-state index is 12.4. The van der Waals surface area contributed by atoms with Crippen molar-refractivity contribution in [1.82, 2.24) is 5.01 Å². The van der Waals surface area contributed by atoms with Crippen molar-refractivity contribution in [2.24, 2.45) is 17.5 Å². The number of aliphatic hydroxyl groups excluding tert-OH is 1. The fraction of sp³-hybridized carbons (Fsp3) is 0.529. The summed E-state index contributed by atoms with van der Waals surface area (Å²) in [7, 11) is 0. The molecule has 2 amide bonds. The molecule has 138 valence electrons. The van der Waals surface area contributed by atoms with E-state index < -0.39 is 24.0 Å². The molecule has 2 atom stereocenters. The summed E-state index contributed by atoms with van der Waals surface area (Å²) >= 11 is 11.8. The lowest BCUT2D eigenvalue weighted by Crippen LogP contribution is -2.53. The Labute approximate surface area is 157 Å². The van der Waals surface area contributed by atoms with Gasteiger partial charge in [-0.05, 0) is 24.5 Å². The van der Waals surface area contributed by atoms with Crippen molar-refractivity contribution in [2.45, 2.75) is 50.7 Å². The number of amides is 2. The van der Waals surface area contributed by atoms with Gasteiger partial charge in [-0.25, -0.2) is 10.9 Å². The average Bonchev–Trinajstić information content (AvgIpc) is 2.62. The number of carbonyl (C=O) groups excluding carboxylic acids is 2. The van der Waals surface area contributed by atoms with Crippen molar-refractivity contribution in [1.29, 1.82) is 0 Å². The molecule has 0 aromatic heterocycles. The third-order valence-electron chi connectivity index (χ3n) is 4.63. The highest BCUT2D eigenvalue weighted by molar-refractivity contribution is 6.44. The first-order valence-corrected chi connectivity index (χ1v) is 9.09. The molecule has 1 fully saturated rings. The molecular weight excluding hydrogens is 365 g/mol. The fourth-order valence-electron chi connectivity index (χ4n) is 3.16.